The number of hydrogen-bond donors (Lipinski definition) is 1. The second-order valence-corrected chi connectivity index (χ2v) is 5.22. The summed E-state index contributed by atoms with van der Waals surface area (Å²) in [7, 11) is 1.71. The minimum absolute atomic E-state index is 0.164. The van der Waals surface area contributed by atoms with Gasteiger partial charge in [0.25, 0.3) is 0 Å². The normalized spacial score (nSPS) is 11.8. The predicted molar refractivity (Wildman–Crippen MR) is 69.3 cm³/mol. The summed E-state index contributed by atoms with van der Waals surface area (Å²) in [5.41, 5.74) is 0.909. The number of methoxy groups -OCH3 is 1. The van der Waals surface area contributed by atoms with Crippen molar-refractivity contribution in [2.45, 2.75) is 26.0 Å². The van der Waals surface area contributed by atoms with Crippen molar-refractivity contribution in [3.05, 3.63) is 33.8 Å². The lowest BCUT2D eigenvalue weighted by atomic mass is 10.1. The van der Waals surface area contributed by atoms with Crippen molar-refractivity contribution in [2.24, 2.45) is 0 Å². The van der Waals surface area contributed by atoms with E-state index in [2.05, 4.69) is 5.32 Å². The second-order valence-electron chi connectivity index (χ2n) is 4.35. The molecule has 90 valence electrons. The average molecular weight is 262 g/mol. The molecule has 1 aromatic carbocycles. The molecule has 0 spiro atoms. The van der Waals surface area contributed by atoms with E-state index in [1.54, 1.807) is 13.2 Å². The van der Waals surface area contributed by atoms with Gasteiger partial charge in [0.05, 0.1) is 5.60 Å². The summed E-state index contributed by atoms with van der Waals surface area (Å²) in [5.74, 6) is 0. The number of benzene rings is 1. The van der Waals surface area contributed by atoms with Crippen LogP contribution in [0.4, 0.5) is 0 Å². The van der Waals surface area contributed by atoms with Gasteiger partial charge in [0, 0.05) is 30.2 Å². The second kappa shape index (κ2) is 5.87. The van der Waals surface area contributed by atoms with E-state index in [0.717, 1.165) is 18.7 Å². The van der Waals surface area contributed by atoms with Gasteiger partial charge >= 0.3 is 0 Å². The van der Waals surface area contributed by atoms with Gasteiger partial charge < -0.3 is 10.1 Å². The van der Waals surface area contributed by atoms with Crippen LogP contribution in [0.5, 0.6) is 0 Å². The Morgan fingerprint density at radius 2 is 1.75 bits per heavy atom. The zero-order chi connectivity index (χ0) is 12.2. The van der Waals surface area contributed by atoms with Crippen LogP contribution in [0.3, 0.4) is 0 Å². The molecule has 16 heavy (non-hydrogen) atoms. The lowest BCUT2D eigenvalue weighted by Crippen LogP contribution is -2.36. The molecule has 0 aromatic heterocycles. The smallest absolute Gasteiger partial charge is 0.0746 e. The van der Waals surface area contributed by atoms with Crippen molar-refractivity contribution in [1.29, 1.82) is 0 Å². The standard InChI is InChI=1S/C12H17Cl2NO/c1-12(2,16-3)8-15-7-9-4-10(13)6-11(14)5-9/h4-6,15H,7-8H2,1-3H3. The number of halogens is 2. The van der Waals surface area contributed by atoms with Gasteiger partial charge in [0.15, 0.2) is 0 Å². The van der Waals surface area contributed by atoms with Crippen LogP contribution in [0.25, 0.3) is 0 Å². The molecular formula is C12H17Cl2NO. The molecule has 0 saturated carbocycles. The maximum Gasteiger partial charge on any atom is 0.0746 e. The van der Waals surface area contributed by atoms with E-state index in [0.29, 0.717) is 10.0 Å². The number of rotatable bonds is 5. The van der Waals surface area contributed by atoms with E-state index in [4.69, 9.17) is 27.9 Å². The van der Waals surface area contributed by atoms with Gasteiger partial charge in [-0.3, -0.25) is 0 Å². The van der Waals surface area contributed by atoms with Crippen molar-refractivity contribution < 1.29 is 4.74 Å². The van der Waals surface area contributed by atoms with Gasteiger partial charge in [-0.2, -0.15) is 0 Å². The number of hydrogen-bond acceptors (Lipinski definition) is 2. The molecule has 4 heteroatoms. The molecule has 0 aliphatic carbocycles. The Morgan fingerprint density at radius 1 is 1.19 bits per heavy atom. The van der Waals surface area contributed by atoms with E-state index in [1.165, 1.54) is 0 Å². The Hall–Kier alpha value is -0.280. The van der Waals surface area contributed by atoms with Gasteiger partial charge in [0.1, 0.15) is 0 Å². The van der Waals surface area contributed by atoms with E-state index in [9.17, 15) is 0 Å². The summed E-state index contributed by atoms with van der Waals surface area (Å²) in [6.07, 6.45) is 0. The Morgan fingerprint density at radius 3 is 2.25 bits per heavy atom. The van der Waals surface area contributed by atoms with Crippen molar-refractivity contribution in [3.8, 4) is 0 Å². The third kappa shape index (κ3) is 4.71. The van der Waals surface area contributed by atoms with Crippen LogP contribution in [-0.4, -0.2) is 19.3 Å². The van der Waals surface area contributed by atoms with E-state index >= 15 is 0 Å². The molecule has 0 saturated heterocycles. The van der Waals surface area contributed by atoms with Crippen molar-refractivity contribution in [1.82, 2.24) is 5.32 Å². The van der Waals surface area contributed by atoms with Crippen LogP contribution in [0, 0.1) is 0 Å². The maximum atomic E-state index is 5.91. The fourth-order valence-electron chi connectivity index (χ4n) is 1.29. The SMILES string of the molecule is COC(C)(C)CNCc1cc(Cl)cc(Cl)c1. The molecule has 0 aliphatic heterocycles. The van der Waals surface area contributed by atoms with Crippen LogP contribution >= 0.6 is 23.2 Å². The van der Waals surface area contributed by atoms with Crippen molar-refractivity contribution in [3.63, 3.8) is 0 Å². The maximum absolute atomic E-state index is 5.91. The van der Waals surface area contributed by atoms with Gasteiger partial charge in [-0.25, -0.2) is 0 Å². The lowest BCUT2D eigenvalue weighted by Gasteiger charge is -2.23. The zero-order valence-electron chi connectivity index (χ0n) is 9.81. The molecule has 0 bridgehead atoms. The molecule has 0 heterocycles. The van der Waals surface area contributed by atoms with Gasteiger partial charge in [-0.1, -0.05) is 23.2 Å². The highest BCUT2D eigenvalue weighted by Crippen LogP contribution is 2.19. The fourth-order valence-corrected chi connectivity index (χ4v) is 1.86. The van der Waals surface area contributed by atoms with Crippen LogP contribution in [0.2, 0.25) is 10.0 Å². The molecular weight excluding hydrogens is 245 g/mol. The van der Waals surface area contributed by atoms with E-state index < -0.39 is 0 Å². The number of ether oxygens (including phenoxy) is 1. The largest absolute Gasteiger partial charge is 0.377 e. The Balaban J connectivity index is 2.49. The monoisotopic (exact) mass is 261 g/mol. The van der Waals surface area contributed by atoms with Gasteiger partial charge in [0.2, 0.25) is 0 Å². The minimum Gasteiger partial charge on any atom is -0.377 e. The first-order valence-electron chi connectivity index (χ1n) is 5.14. The molecule has 0 aliphatic rings. The third-order valence-corrected chi connectivity index (χ3v) is 2.79. The van der Waals surface area contributed by atoms with Crippen LogP contribution in [0.1, 0.15) is 19.4 Å². The summed E-state index contributed by atoms with van der Waals surface area (Å²) in [6, 6.07) is 5.53. The highest BCUT2D eigenvalue weighted by atomic mass is 35.5. The molecule has 0 amide bonds. The minimum atomic E-state index is -0.164. The zero-order valence-corrected chi connectivity index (χ0v) is 11.3. The first-order chi connectivity index (χ1) is 7.43. The van der Waals surface area contributed by atoms with Crippen LogP contribution in [0.15, 0.2) is 18.2 Å². The van der Waals surface area contributed by atoms with E-state index in [1.807, 2.05) is 26.0 Å². The predicted octanol–water partition coefficient (Wildman–Crippen LogP) is 3.51. The van der Waals surface area contributed by atoms with Crippen molar-refractivity contribution in [2.75, 3.05) is 13.7 Å². The van der Waals surface area contributed by atoms with Crippen LogP contribution < -0.4 is 5.32 Å². The third-order valence-electron chi connectivity index (χ3n) is 2.35. The topological polar surface area (TPSA) is 21.3 Å². The van der Waals surface area contributed by atoms with E-state index in [-0.39, 0.29) is 5.60 Å². The highest BCUT2D eigenvalue weighted by Gasteiger charge is 2.15. The molecule has 0 radical (unpaired) electrons. The number of nitrogens with one attached hydrogen (secondary N) is 1. The molecule has 1 aromatic rings. The summed E-state index contributed by atoms with van der Waals surface area (Å²) >= 11 is 11.8. The molecule has 1 rings (SSSR count). The molecule has 1 N–H and O–H groups in total. The van der Waals surface area contributed by atoms with Gasteiger partial charge in [-0.05, 0) is 37.6 Å². The summed E-state index contributed by atoms with van der Waals surface area (Å²) in [6.45, 7) is 5.57. The first kappa shape index (κ1) is 13.8. The molecule has 0 unspecified atom stereocenters. The van der Waals surface area contributed by atoms with Crippen LogP contribution in [-0.2, 0) is 11.3 Å². The average Bonchev–Trinajstić information content (AvgIpc) is 2.16. The fraction of sp³-hybridized carbons (Fsp3) is 0.500. The summed E-state index contributed by atoms with van der Waals surface area (Å²) < 4.78 is 5.31. The highest BCUT2D eigenvalue weighted by molar-refractivity contribution is 6.34. The summed E-state index contributed by atoms with van der Waals surface area (Å²) in [5, 5.41) is 4.63. The quantitative estimate of drug-likeness (QED) is 0.876. The Labute approximate surface area is 107 Å². The molecule has 0 fully saturated rings. The summed E-state index contributed by atoms with van der Waals surface area (Å²) in [4.78, 5) is 0. The molecule has 2 nitrogen and oxygen atoms in total. The lowest BCUT2D eigenvalue weighted by molar-refractivity contribution is 0.0231. The first-order valence-corrected chi connectivity index (χ1v) is 5.89. The Bertz CT molecular complexity index is 333. The molecule has 0 atom stereocenters. The Kier molecular flexibility index (Phi) is 5.06. The van der Waals surface area contributed by atoms with Gasteiger partial charge in [-0.15, -0.1) is 0 Å². The van der Waals surface area contributed by atoms with Crippen molar-refractivity contribution >= 4 is 23.2 Å².